The van der Waals surface area contributed by atoms with Gasteiger partial charge in [0.05, 0.1) is 5.75 Å². The van der Waals surface area contributed by atoms with E-state index in [0.29, 0.717) is 6.54 Å². The van der Waals surface area contributed by atoms with Crippen LogP contribution in [0, 0.1) is 0 Å². The Bertz CT molecular complexity index is 546. The van der Waals surface area contributed by atoms with Crippen LogP contribution in [0.2, 0.25) is 0 Å². The van der Waals surface area contributed by atoms with Crippen LogP contribution in [0.5, 0.6) is 0 Å². The topological polar surface area (TPSA) is 58.2 Å². The SMILES string of the molecule is CNCc1ccc(CS(=O)(=O)NCC2(SC)CCC2)cc1. The van der Waals surface area contributed by atoms with Crippen molar-refractivity contribution in [1.82, 2.24) is 10.0 Å². The molecule has 0 saturated heterocycles. The lowest BCUT2D eigenvalue weighted by molar-refractivity contribution is 0.361. The monoisotopic (exact) mass is 328 g/mol. The van der Waals surface area contributed by atoms with Gasteiger partial charge in [0.25, 0.3) is 0 Å². The fourth-order valence-corrected chi connectivity index (χ4v) is 4.73. The molecule has 1 saturated carbocycles. The zero-order chi connectivity index (χ0) is 15.3. The summed E-state index contributed by atoms with van der Waals surface area (Å²) in [4.78, 5) is 0. The van der Waals surface area contributed by atoms with Gasteiger partial charge >= 0.3 is 0 Å². The molecule has 0 aromatic heterocycles. The van der Waals surface area contributed by atoms with Crippen molar-refractivity contribution in [2.75, 3.05) is 19.8 Å². The third kappa shape index (κ3) is 4.71. The van der Waals surface area contributed by atoms with Crippen molar-refractivity contribution in [1.29, 1.82) is 0 Å². The largest absolute Gasteiger partial charge is 0.316 e. The fourth-order valence-electron chi connectivity index (χ4n) is 2.49. The van der Waals surface area contributed by atoms with E-state index in [1.165, 1.54) is 6.42 Å². The summed E-state index contributed by atoms with van der Waals surface area (Å²) in [5.41, 5.74) is 1.98. The standard InChI is InChI=1S/C15H24N2O2S2/c1-16-10-13-4-6-14(7-5-13)11-21(18,19)17-12-15(20-2)8-3-9-15/h4-7,16-17H,3,8-12H2,1-2H3. The average molecular weight is 329 g/mol. The smallest absolute Gasteiger partial charge is 0.215 e. The van der Waals surface area contributed by atoms with E-state index in [1.807, 2.05) is 31.3 Å². The Morgan fingerprint density at radius 3 is 2.29 bits per heavy atom. The van der Waals surface area contributed by atoms with E-state index in [1.54, 1.807) is 11.8 Å². The zero-order valence-electron chi connectivity index (χ0n) is 12.7. The minimum atomic E-state index is -3.26. The van der Waals surface area contributed by atoms with E-state index in [0.717, 1.165) is 30.5 Å². The Kier molecular flexibility index (Phi) is 5.71. The molecule has 1 aliphatic carbocycles. The summed E-state index contributed by atoms with van der Waals surface area (Å²) in [6.45, 7) is 1.34. The van der Waals surface area contributed by atoms with Crippen LogP contribution in [0.1, 0.15) is 30.4 Å². The van der Waals surface area contributed by atoms with Crippen LogP contribution in [0.15, 0.2) is 24.3 Å². The summed E-state index contributed by atoms with van der Waals surface area (Å²) in [7, 11) is -1.37. The Morgan fingerprint density at radius 2 is 1.81 bits per heavy atom. The summed E-state index contributed by atoms with van der Waals surface area (Å²) in [5, 5.41) is 3.08. The predicted octanol–water partition coefficient (Wildman–Crippen LogP) is 2.11. The van der Waals surface area contributed by atoms with Gasteiger partial charge < -0.3 is 5.32 Å². The van der Waals surface area contributed by atoms with Crippen molar-refractivity contribution in [3.05, 3.63) is 35.4 Å². The molecule has 1 aliphatic rings. The third-order valence-electron chi connectivity index (χ3n) is 4.07. The highest BCUT2D eigenvalue weighted by atomic mass is 32.2. The van der Waals surface area contributed by atoms with Gasteiger partial charge in [-0.1, -0.05) is 30.7 Å². The number of rotatable bonds is 8. The molecule has 21 heavy (non-hydrogen) atoms. The lowest BCUT2D eigenvalue weighted by Gasteiger charge is -2.40. The average Bonchev–Trinajstić information content (AvgIpc) is 2.40. The number of sulfonamides is 1. The van der Waals surface area contributed by atoms with Gasteiger partial charge in [-0.3, -0.25) is 0 Å². The molecule has 1 aromatic carbocycles. The van der Waals surface area contributed by atoms with Crippen LogP contribution in [0.4, 0.5) is 0 Å². The van der Waals surface area contributed by atoms with Gasteiger partial charge in [0.2, 0.25) is 10.0 Å². The Labute approximate surface area is 132 Å². The summed E-state index contributed by atoms with van der Waals surface area (Å²) in [5.74, 6) is 0.0529. The lowest BCUT2D eigenvalue weighted by Crippen LogP contribution is -2.45. The van der Waals surface area contributed by atoms with E-state index in [2.05, 4.69) is 16.3 Å². The number of hydrogen-bond donors (Lipinski definition) is 2. The summed E-state index contributed by atoms with van der Waals surface area (Å²) in [6.07, 6.45) is 5.48. The molecule has 0 aliphatic heterocycles. The van der Waals surface area contributed by atoms with E-state index >= 15 is 0 Å². The maximum Gasteiger partial charge on any atom is 0.215 e. The van der Waals surface area contributed by atoms with E-state index in [-0.39, 0.29) is 10.5 Å². The first-order valence-corrected chi connectivity index (χ1v) is 10.1. The highest BCUT2D eigenvalue weighted by molar-refractivity contribution is 8.00. The number of hydrogen-bond acceptors (Lipinski definition) is 4. The molecule has 6 heteroatoms. The molecule has 0 bridgehead atoms. The molecule has 1 aromatic rings. The van der Waals surface area contributed by atoms with Gasteiger partial charge in [-0.05, 0) is 37.3 Å². The van der Waals surface area contributed by atoms with Crippen LogP contribution < -0.4 is 10.0 Å². The number of benzene rings is 1. The molecular weight excluding hydrogens is 304 g/mol. The summed E-state index contributed by atoms with van der Waals surface area (Å²) >= 11 is 1.78. The van der Waals surface area contributed by atoms with Crippen molar-refractivity contribution in [3.8, 4) is 0 Å². The highest BCUT2D eigenvalue weighted by Crippen LogP contribution is 2.42. The second-order valence-electron chi connectivity index (χ2n) is 5.67. The van der Waals surface area contributed by atoms with Crippen molar-refractivity contribution >= 4 is 21.8 Å². The highest BCUT2D eigenvalue weighted by Gasteiger charge is 2.36. The van der Waals surface area contributed by atoms with Crippen molar-refractivity contribution in [3.63, 3.8) is 0 Å². The van der Waals surface area contributed by atoms with Crippen molar-refractivity contribution in [2.45, 2.75) is 36.3 Å². The number of thioether (sulfide) groups is 1. The molecule has 4 nitrogen and oxygen atoms in total. The van der Waals surface area contributed by atoms with Gasteiger partial charge in [0.15, 0.2) is 0 Å². The normalized spacial score (nSPS) is 17.4. The van der Waals surface area contributed by atoms with Crippen LogP contribution >= 0.6 is 11.8 Å². The lowest BCUT2D eigenvalue weighted by atomic mass is 9.84. The van der Waals surface area contributed by atoms with Gasteiger partial charge in [-0.2, -0.15) is 11.8 Å². The van der Waals surface area contributed by atoms with E-state index in [9.17, 15) is 8.42 Å². The maximum atomic E-state index is 12.2. The molecule has 0 atom stereocenters. The first kappa shape index (κ1) is 16.8. The second-order valence-corrected chi connectivity index (χ2v) is 8.75. The zero-order valence-corrected chi connectivity index (χ0v) is 14.3. The molecule has 0 unspecified atom stereocenters. The molecule has 1 fully saturated rings. The predicted molar refractivity (Wildman–Crippen MR) is 89.9 cm³/mol. The fraction of sp³-hybridized carbons (Fsp3) is 0.600. The van der Waals surface area contributed by atoms with Gasteiger partial charge in [-0.25, -0.2) is 13.1 Å². The molecule has 0 amide bonds. The summed E-state index contributed by atoms with van der Waals surface area (Å²) < 4.78 is 27.3. The van der Waals surface area contributed by atoms with Gasteiger partial charge in [0, 0.05) is 17.8 Å². The first-order chi connectivity index (χ1) is 9.99. The Morgan fingerprint density at radius 1 is 1.19 bits per heavy atom. The second kappa shape index (κ2) is 7.13. The van der Waals surface area contributed by atoms with Gasteiger partial charge in [-0.15, -0.1) is 0 Å². The minimum Gasteiger partial charge on any atom is -0.316 e. The molecular formula is C15H24N2O2S2. The van der Waals surface area contributed by atoms with Crippen LogP contribution in [0.25, 0.3) is 0 Å². The van der Waals surface area contributed by atoms with E-state index < -0.39 is 10.0 Å². The third-order valence-corrected chi connectivity index (χ3v) is 6.79. The van der Waals surface area contributed by atoms with Crippen molar-refractivity contribution < 1.29 is 8.42 Å². The number of nitrogens with one attached hydrogen (secondary N) is 2. The van der Waals surface area contributed by atoms with E-state index in [4.69, 9.17) is 0 Å². The minimum absolute atomic E-state index is 0.0529. The maximum absolute atomic E-state index is 12.2. The summed E-state index contributed by atoms with van der Waals surface area (Å²) in [6, 6.07) is 7.71. The molecule has 0 heterocycles. The molecule has 0 spiro atoms. The van der Waals surface area contributed by atoms with Gasteiger partial charge in [0.1, 0.15) is 0 Å². The molecule has 0 radical (unpaired) electrons. The van der Waals surface area contributed by atoms with Crippen LogP contribution in [0.3, 0.4) is 0 Å². The first-order valence-electron chi connectivity index (χ1n) is 7.23. The quantitative estimate of drug-likeness (QED) is 0.767. The van der Waals surface area contributed by atoms with Crippen LogP contribution in [-0.2, 0) is 22.3 Å². The van der Waals surface area contributed by atoms with Crippen molar-refractivity contribution in [2.24, 2.45) is 0 Å². The molecule has 2 rings (SSSR count). The Balaban J connectivity index is 1.91. The van der Waals surface area contributed by atoms with Crippen LogP contribution in [-0.4, -0.2) is 33.0 Å². The molecule has 118 valence electrons. The molecule has 2 N–H and O–H groups in total. The Hall–Kier alpha value is -0.560.